The summed E-state index contributed by atoms with van der Waals surface area (Å²) in [6.45, 7) is 0. The molecule has 2 nitrogen and oxygen atoms in total. The fourth-order valence-corrected chi connectivity index (χ4v) is 1.55. The third kappa shape index (κ3) is 1.85. The number of rotatable bonds is 2. The molecule has 0 aromatic heterocycles. The van der Waals surface area contributed by atoms with Crippen molar-refractivity contribution in [2.24, 2.45) is 0 Å². The Bertz CT molecular complexity index is 297. The average molecular weight is 228 g/mol. The lowest BCUT2D eigenvalue weighted by Gasteiger charge is -2.14. The van der Waals surface area contributed by atoms with Crippen LogP contribution in [0.5, 0.6) is 0 Å². The van der Waals surface area contributed by atoms with E-state index in [0.717, 1.165) is 16.4 Å². The van der Waals surface area contributed by atoms with Crippen LogP contribution in [0.1, 0.15) is 10.4 Å². The van der Waals surface area contributed by atoms with Gasteiger partial charge in [-0.05, 0) is 28.1 Å². The van der Waals surface area contributed by atoms with Crippen molar-refractivity contribution in [3.63, 3.8) is 0 Å². The maximum absolute atomic E-state index is 10.5. The molecule has 0 saturated heterocycles. The Balaban J connectivity index is 3.16. The van der Waals surface area contributed by atoms with Gasteiger partial charge >= 0.3 is 0 Å². The SMILES string of the molecule is CN(C)c1cc(C=O)ccc1Br. The normalized spacial score (nSPS) is 9.58. The second-order valence-electron chi connectivity index (χ2n) is 2.72. The van der Waals surface area contributed by atoms with Gasteiger partial charge in [0.2, 0.25) is 0 Å². The average Bonchev–Trinajstić information content (AvgIpc) is 2.05. The van der Waals surface area contributed by atoms with Gasteiger partial charge < -0.3 is 4.90 Å². The van der Waals surface area contributed by atoms with Gasteiger partial charge in [0.25, 0.3) is 0 Å². The van der Waals surface area contributed by atoms with Crippen LogP contribution in [0.15, 0.2) is 22.7 Å². The topological polar surface area (TPSA) is 20.3 Å². The third-order valence-corrected chi connectivity index (χ3v) is 2.26. The number of carbonyl (C=O) groups is 1. The standard InChI is InChI=1S/C9H10BrNO/c1-11(2)9-5-7(6-12)3-4-8(9)10/h3-6H,1-2H3. The lowest BCUT2D eigenvalue weighted by molar-refractivity contribution is 0.112. The molecular formula is C9H10BrNO. The molecule has 12 heavy (non-hydrogen) atoms. The van der Waals surface area contributed by atoms with Gasteiger partial charge in [-0.15, -0.1) is 0 Å². The lowest BCUT2D eigenvalue weighted by Crippen LogP contribution is -2.09. The first kappa shape index (κ1) is 9.26. The Morgan fingerprint density at radius 2 is 2.08 bits per heavy atom. The number of nitrogens with zero attached hydrogens (tertiary/aromatic N) is 1. The predicted molar refractivity (Wildman–Crippen MR) is 53.9 cm³/mol. The molecule has 0 spiro atoms. The van der Waals surface area contributed by atoms with Gasteiger partial charge in [-0.2, -0.15) is 0 Å². The molecule has 1 aromatic rings. The number of halogens is 1. The van der Waals surface area contributed by atoms with Crippen LogP contribution in [-0.2, 0) is 0 Å². The summed E-state index contributed by atoms with van der Waals surface area (Å²) in [6.07, 6.45) is 0.847. The van der Waals surface area contributed by atoms with E-state index in [0.29, 0.717) is 5.56 Å². The molecule has 0 amide bonds. The minimum absolute atomic E-state index is 0.696. The van der Waals surface area contributed by atoms with Gasteiger partial charge in [-0.3, -0.25) is 4.79 Å². The van der Waals surface area contributed by atoms with Crippen LogP contribution >= 0.6 is 15.9 Å². The quantitative estimate of drug-likeness (QED) is 0.724. The molecule has 1 rings (SSSR count). The Morgan fingerprint density at radius 3 is 2.58 bits per heavy atom. The molecular weight excluding hydrogens is 218 g/mol. The van der Waals surface area contributed by atoms with Crippen molar-refractivity contribution >= 4 is 27.9 Å². The molecule has 0 unspecified atom stereocenters. The molecule has 0 aliphatic heterocycles. The summed E-state index contributed by atoms with van der Waals surface area (Å²) in [7, 11) is 3.88. The van der Waals surface area contributed by atoms with Crippen LogP contribution in [0, 0.1) is 0 Å². The van der Waals surface area contributed by atoms with Gasteiger partial charge in [0.05, 0.1) is 5.69 Å². The summed E-state index contributed by atoms with van der Waals surface area (Å²) >= 11 is 3.40. The van der Waals surface area contributed by atoms with Gasteiger partial charge in [0.15, 0.2) is 0 Å². The van der Waals surface area contributed by atoms with Crippen LogP contribution in [0.4, 0.5) is 5.69 Å². The molecule has 0 aliphatic carbocycles. The molecule has 0 N–H and O–H groups in total. The molecule has 0 atom stereocenters. The van der Waals surface area contributed by atoms with E-state index in [2.05, 4.69) is 15.9 Å². The minimum atomic E-state index is 0.696. The monoisotopic (exact) mass is 227 g/mol. The molecule has 0 saturated carbocycles. The highest BCUT2D eigenvalue weighted by Gasteiger charge is 2.02. The summed E-state index contributed by atoms with van der Waals surface area (Å²) in [6, 6.07) is 5.50. The van der Waals surface area contributed by atoms with Gasteiger partial charge in [-0.1, -0.05) is 6.07 Å². The van der Waals surface area contributed by atoms with Crippen molar-refractivity contribution in [2.75, 3.05) is 19.0 Å². The van der Waals surface area contributed by atoms with E-state index in [1.54, 1.807) is 6.07 Å². The smallest absolute Gasteiger partial charge is 0.150 e. The largest absolute Gasteiger partial charge is 0.377 e. The Labute approximate surface area is 80.3 Å². The number of aldehydes is 1. The number of hydrogen-bond donors (Lipinski definition) is 0. The van der Waals surface area contributed by atoms with Gasteiger partial charge in [-0.25, -0.2) is 0 Å². The highest BCUT2D eigenvalue weighted by atomic mass is 79.9. The van der Waals surface area contributed by atoms with Crippen LogP contribution in [0.3, 0.4) is 0 Å². The second-order valence-corrected chi connectivity index (χ2v) is 3.58. The van der Waals surface area contributed by atoms with E-state index in [1.807, 2.05) is 31.1 Å². The maximum Gasteiger partial charge on any atom is 0.150 e. The zero-order valence-corrected chi connectivity index (χ0v) is 8.63. The van der Waals surface area contributed by atoms with Gasteiger partial charge in [0, 0.05) is 24.1 Å². The van der Waals surface area contributed by atoms with Crippen molar-refractivity contribution in [1.82, 2.24) is 0 Å². The van der Waals surface area contributed by atoms with Crippen molar-refractivity contribution < 1.29 is 4.79 Å². The highest BCUT2D eigenvalue weighted by Crippen LogP contribution is 2.24. The van der Waals surface area contributed by atoms with Crippen molar-refractivity contribution in [1.29, 1.82) is 0 Å². The summed E-state index contributed by atoms with van der Waals surface area (Å²) in [4.78, 5) is 12.4. The Morgan fingerprint density at radius 1 is 1.42 bits per heavy atom. The van der Waals surface area contributed by atoms with Crippen molar-refractivity contribution in [3.8, 4) is 0 Å². The van der Waals surface area contributed by atoms with E-state index < -0.39 is 0 Å². The summed E-state index contributed by atoms with van der Waals surface area (Å²) < 4.78 is 0.998. The first-order valence-corrected chi connectivity index (χ1v) is 4.36. The maximum atomic E-state index is 10.5. The molecule has 0 radical (unpaired) electrons. The van der Waals surface area contributed by atoms with E-state index in [1.165, 1.54) is 0 Å². The molecule has 0 fully saturated rings. The van der Waals surface area contributed by atoms with Crippen LogP contribution in [0.25, 0.3) is 0 Å². The van der Waals surface area contributed by atoms with E-state index in [-0.39, 0.29) is 0 Å². The number of anilines is 1. The second kappa shape index (κ2) is 3.72. The molecule has 0 heterocycles. The summed E-state index contributed by atoms with van der Waals surface area (Å²) in [5.41, 5.74) is 1.71. The van der Waals surface area contributed by atoms with Crippen LogP contribution in [-0.4, -0.2) is 20.4 Å². The molecule has 0 aliphatic rings. The zero-order chi connectivity index (χ0) is 9.14. The van der Waals surface area contributed by atoms with E-state index in [4.69, 9.17) is 0 Å². The Hall–Kier alpha value is -0.830. The van der Waals surface area contributed by atoms with Crippen LogP contribution in [0.2, 0.25) is 0 Å². The molecule has 1 aromatic carbocycles. The third-order valence-electron chi connectivity index (χ3n) is 1.59. The highest BCUT2D eigenvalue weighted by molar-refractivity contribution is 9.10. The Kier molecular flexibility index (Phi) is 2.87. The number of hydrogen-bond acceptors (Lipinski definition) is 2. The van der Waals surface area contributed by atoms with E-state index in [9.17, 15) is 4.79 Å². The fraction of sp³-hybridized carbons (Fsp3) is 0.222. The van der Waals surface area contributed by atoms with Crippen molar-refractivity contribution in [2.45, 2.75) is 0 Å². The number of benzene rings is 1. The first-order chi connectivity index (χ1) is 5.65. The summed E-state index contributed by atoms with van der Waals surface area (Å²) in [5.74, 6) is 0. The van der Waals surface area contributed by atoms with E-state index >= 15 is 0 Å². The molecule has 64 valence electrons. The predicted octanol–water partition coefficient (Wildman–Crippen LogP) is 2.33. The zero-order valence-electron chi connectivity index (χ0n) is 7.04. The minimum Gasteiger partial charge on any atom is -0.377 e. The van der Waals surface area contributed by atoms with Crippen molar-refractivity contribution in [3.05, 3.63) is 28.2 Å². The molecule has 0 bridgehead atoms. The van der Waals surface area contributed by atoms with Crippen LogP contribution < -0.4 is 4.90 Å². The fourth-order valence-electron chi connectivity index (χ4n) is 0.946. The lowest BCUT2D eigenvalue weighted by atomic mass is 10.2. The first-order valence-electron chi connectivity index (χ1n) is 3.57. The molecule has 3 heteroatoms. The number of carbonyl (C=O) groups excluding carboxylic acids is 1. The summed E-state index contributed by atoms with van der Waals surface area (Å²) in [5, 5.41) is 0. The van der Waals surface area contributed by atoms with Gasteiger partial charge in [0.1, 0.15) is 6.29 Å².